The Morgan fingerprint density at radius 2 is 2.05 bits per heavy atom. The molecule has 0 unspecified atom stereocenters. The molecule has 98 valence electrons. The van der Waals surface area contributed by atoms with Gasteiger partial charge in [-0.3, -0.25) is 9.78 Å². The first-order valence-corrected chi connectivity index (χ1v) is 6.14. The second-order valence-electron chi connectivity index (χ2n) is 3.94. The highest BCUT2D eigenvalue weighted by atomic mass is 35.5. The van der Waals surface area contributed by atoms with E-state index in [4.69, 9.17) is 23.2 Å². The fourth-order valence-corrected chi connectivity index (χ4v) is 1.97. The number of nitrogens with one attached hydrogen (secondary N) is 1. The normalized spacial score (nSPS) is 10.3. The molecule has 0 spiro atoms. The lowest BCUT2D eigenvalue weighted by Gasteiger charge is -2.11. The van der Waals surface area contributed by atoms with Crippen LogP contribution in [0.2, 0.25) is 10.0 Å². The topological polar surface area (TPSA) is 62.2 Å². The van der Waals surface area contributed by atoms with Crippen LogP contribution in [0.1, 0.15) is 15.9 Å². The first-order valence-electron chi connectivity index (χ1n) is 5.39. The van der Waals surface area contributed by atoms with Gasteiger partial charge in [0.25, 0.3) is 5.91 Å². The molecule has 0 aliphatic rings. The third-order valence-corrected chi connectivity index (χ3v) is 3.31. The predicted molar refractivity (Wildman–Crippen MR) is 75.1 cm³/mol. The monoisotopic (exact) mass is 296 g/mol. The fraction of sp³-hybridized carbons (Fsp3) is 0.0769. The van der Waals surface area contributed by atoms with E-state index in [1.54, 1.807) is 12.1 Å². The summed E-state index contributed by atoms with van der Waals surface area (Å²) in [5.74, 6) is -0.535. The van der Waals surface area contributed by atoms with Crippen molar-refractivity contribution in [1.29, 1.82) is 0 Å². The maximum Gasteiger partial charge on any atom is 0.257 e. The smallest absolute Gasteiger partial charge is 0.257 e. The highest BCUT2D eigenvalue weighted by Gasteiger charge is 2.13. The van der Waals surface area contributed by atoms with Gasteiger partial charge in [-0.2, -0.15) is 0 Å². The zero-order valence-corrected chi connectivity index (χ0v) is 11.5. The number of hydrogen-bond donors (Lipinski definition) is 2. The number of carbonyl (C=O) groups excluding carboxylic acids is 1. The van der Waals surface area contributed by atoms with Crippen LogP contribution in [-0.4, -0.2) is 16.0 Å². The van der Waals surface area contributed by atoms with Crippen LogP contribution in [0.15, 0.2) is 30.6 Å². The molecule has 2 N–H and O–H groups in total. The first-order chi connectivity index (χ1) is 8.99. The van der Waals surface area contributed by atoms with Gasteiger partial charge in [0.1, 0.15) is 5.75 Å². The first kappa shape index (κ1) is 13.6. The van der Waals surface area contributed by atoms with Crippen LogP contribution in [0.25, 0.3) is 0 Å². The molecule has 0 bridgehead atoms. The molecule has 0 aliphatic carbocycles. The Hall–Kier alpha value is -1.78. The Bertz CT molecular complexity index is 645. The van der Waals surface area contributed by atoms with Crippen molar-refractivity contribution in [3.63, 3.8) is 0 Å². The quantitative estimate of drug-likeness (QED) is 0.889. The number of benzene rings is 1. The van der Waals surface area contributed by atoms with Crippen molar-refractivity contribution in [2.45, 2.75) is 6.92 Å². The molecular formula is C13H10Cl2N2O2. The van der Waals surface area contributed by atoms with Crippen LogP contribution in [0, 0.1) is 6.92 Å². The van der Waals surface area contributed by atoms with E-state index in [0.717, 1.165) is 5.56 Å². The number of carbonyl (C=O) groups is 1. The molecule has 0 atom stereocenters. The number of anilines is 1. The van der Waals surface area contributed by atoms with Crippen LogP contribution in [0.4, 0.5) is 5.69 Å². The molecule has 0 aliphatic heterocycles. The summed E-state index contributed by atoms with van der Waals surface area (Å²) < 4.78 is 0. The van der Waals surface area contributed by atoms with Gasteiger partial charge >= 0.3 is 0 Å². The summed E-state index contributed by atoms with van der Waals surface area (Å²) in [6.45, 7) is 1.81. The number of aromatic hydroxyl groups is 1. The molecule has 0 saturated heterocycles. The molecule has 0 fully saturated rings. The van der Waals surface area contributed by atoms with Crippen LogP contribution in [0.3, 0.4) is 0 Å². The van der Waals surface area contributed by atoms with Crippen molar-refractivity contribution in [3.8, 4) is 5.75 Å². The van der Waals surface area contributed by atoms with Gasteiger partial charge in [0.05, 0.1) is 27.5 Å². The van der Waals surface area contributed by atoms with Gasteiger partial charge in [-0.05, 0) is 24.6 Å². The minimum atomic E-state index is -0.446. The molecule has 1 amide bonds. The average Bonchev–Trinajstić information content (AvgIpc) is 2.39. The molecule has 4 nitrogen and oxygen atoms in total. The summed E-state index contributed by atoms with van der Waals surface area (Å²) in [5.41, 5.74) is 1.36. The number of halogens is 2. The van der Waals surface area contributed by atoms with E-state index in [9.17, 15) is 9.90 Å². The number of rotatable bonds is 2. The highest BCUT2D eigenvalue weighted by molar-refractivity contribution is 6.40. The minimum absolute atomic E-state index is 0.0888. The summed E-state index contributed by atoms with van der Waals surface area (Å²) in [6.07, 6.45) is 2.58. The van der Waals surface area contributed by atoms with Crippen LogP contribution < -0.4 is 5.32 Å². The van der Waals surface area contributed by atoms with Gasteiger partial charge < -0.3 is 10.4 Å². The van der Waals surface area contributed by atoms with Crippen molar-refractivity contribution < 1.29 is 9.90 Å². The second kappa shape index (κ2) is 5.47. The largest absolute Gasteiger partial charge is 0.506 e. The molecule has 2 aromatic rings. The molecule has 6 heteroatoms. The molecule has 0 radical (unpaired) electrons. The standard InChI is InChI=1S/C13H10Cl2N2O2/c1-7-2-3-10(14)12(11(7)15)17-13(19)8-4-9(18)6-16-5-8/h2-6,18H,1H3,(H,17,19). The number of amides is 1. The van der Waals surface area contributed by atoms with Crippen molar-refractivity contribution in [3.05, 3.63) is 51.8 Å². The summed E-state index contributed by atoms with van der Waals surface area (Å²) in [4.78, 5) is 15.7. The van der Waals surface area contributed by atoms with Crippen LogP contribution in [0.5, 0.6) is 5.75 Å². The maximum absolute atomic E-state index is 12.0. The molecule has 0 saturated carbocycles. The molecule has 1 heterocycles. The van der Waals surface area contributed by atoms with Gasteiger partial charge in [-0.15, -0.1) is 0 Å². The van der Waals surface area contributed by atoms with E-state index in [1.165, 1.54) is 18.5 Å². The third kappa shape index (κ3) is 2.97. The Kier molecular flexibility index (Phi) is 3.93. The summed E-state index contributed by atoms with van der Waals surface area (Å²) in [7, 11) is 0. The number of nitrogens with zero attached hydrogens (tertiary/aromatic N) is 1. The number of aryl methyl sites for hydroxylation is 1. The van der Waals surface area contributed by atoms with E-state index in [0.29, 0.717) is 15.7 Å². The number of aromatic nitrogens is 1. The lowest BCUT2D eigenvalue weighted by molar-refractivity contribution is 0.102. The van der Waals surface area contributed by atoms with Crippen molar-refractivity contribution in [2.24, 2.45) is 0 Å². The average molecular weight is 297 g/mol. The molecule has 1 aromatic heterocycles. The Morgan fingerprint density at radius 1 is 1.32 bits per heavy atom. The number of hydrogen-bond acceptors (Lipinski definition) is 3. The maximum atomic E-state index is 12.0. The summed E-state index contributed by atoms with van der Waals surface area (Å²) in [6, 6.07) is 4.72. The highest BCUT2D eigenvalue weighted by Crippen LogP contribution is 2.33. The third-order valence-electron chi connectivity index (χ3n) is 2.51. The molecule has 1 aromatic carbocycles. The Labute approximate surface area is 120 Å². The summed E-state index contributed by atoms with van der Waals surface area (Å²) in [5, 5.41) is 12.6. The zero-order valence-electron chi connectivity index (χ0n) is 9.95. The van der Waals surface area contributed by atoms with E-state index in [-0.39, 0.29) is 11.3 Å². The Balaban J connectivity index is 2.32. The summed E-state index contributed by atoms with van der Waals surface area (Å²) >= 11 is 12.1. The van der Waals surface area contributed by atoms with Crippen LogP contribution >= 0.6 is 23.2 Å². The van der Waals surface area contributed by atoms with E-state index in [1.807, 2.05) is 6.92 Å². The van der Waals surface area contributed by atoms with Crippen LogP contribution in [-0.2, 0) is 0 Å². The van der Waals surface area contributed by atoms with Gasteiger partial charge in [-0.1, -0.05) is 29.3 Å². The van der Waals surface area contributed by atoms with Crippen molar-refractivity contribution >= 4 is 34.8 Å². The van der Waals surface area contributed by atoms with Crippen molar-refractivity contribution in [1.82, 2.24) is 4.98 Å². The lowest BCUT2D eigenvalue weighted by Crippen LogP contribution is -2.13. The lowest BCUT2D eigenvalue weighted by atomic mass is 10.2. The SMILES string of the molecule is Cc1ccc(Cl)c(NC(=O)c2cncc(O)c2)c1Cl. The van der Waals surface area contributed by atoms with Gasteiger partial charge in [-0.25, -0.2) is 0 Å². The van der Waals surface area contributed by atoms with Gasteiger partial charge in [0.2, 0.25) is 0 Å². The van der Waals surface area contributed by atoms with Gasteiger partial charge in [0, 0.05) is 6.20 Å². The van der Waals surface area contributed by atoms with Gasteiger partial charge in [0.15, 0.2) is 0 Å². The van der Waals surface area contributed by atoms with E-state index < -0.39 is 5.91 Å². The molecule has 19 heavy (non-hydrogen) atoms. The van der Waals surface area contributed by atoms with E-state index >= 15 is 0 Å². The second-order valence-corrected chi connectivity index (χ2v) is 4.72. The fourth-order valence-electron chi connectivity index (χ4n) is 1.51. The molecular weight excluding hydrogens is 287 g/mol. The zero-order chi connectivity index (χ0) is 14.0. The van der Waals surface area contributed by atoms with Crippen molar-refractivity contribution in [2.75, 3.05) is 5.32 Å². The Morgan fingerprint density at radius 3 is 2.74 bits per heavy atom. The predicted octanol–water partition coefficient (Wildman–Crippen LogP) is 3.65. The molecule has 2 rings (SSSR count). The van der Waals surface area contributed by atoms with E-state index in [2.05, 4.69) is 10.3 Å². The minimum Gasteiger partial charge on any atom is -0.506 e. The number of pyridine rings is 1.